The minimum atomic E-state index is -2.22. The Balaban J connectivity index is 5.28. The van der Waals surface area contributed by atoms with Crippen molar-refractivity contribution >= 4 is 42.6 Å². The van der Waals surface area contributed by atoms with Gasteiger partial charge < -0.3 is 12.3 Å². The van der Waals surface area contributed by atoms with Crippen LogP contribution in [0.15, 0.2) is 0 Å². The zero-order valence-corrected chi connectivity index (χ0v) is 21.3. The maximum absolute atomic E-state index is 6.65. The second kappa shape index (κ2) is 7.24. The van der Waals surface area contributed by atoms with Gasteiger partial charge >= 0.3 is 8.56 Å². The third-order valence-corrected chi connectivity index (χ3v) is 20.3. The van der Waals surface area contributed by atoms with Crippen molar-refractivity contribution in [2.75, 3.05) is 0 Å². The Hall–Kier alpha value is 0.964. The summed E-state index contributed by atoms with van der Waals surface area (Å²) in [5.41, 5.74) is 0. The first-order valence-electron chi connectivity index (χ1n) is 7.88. The lowest BCUT2D eigenvalue weighted by Crippen LogP contribution is -2.58. The molecule has 0 spiro atoms. The van der Waals surface area contributed by atoms with Crippen molar-refractivity contribution in [3.63, 3.8) is 0 Å². The van der Waals surface area contributed by atoms with Gasteiger partial charge in [0, 0.05) is 5.16 Å². The second-order valence-electron chi connectivity index (χ2n) is 8.99. The van der Waals surface area contributed by atoms with Gasteiger partial charge in [0.1, 0.15) is 0 Å². The average molecular weight is 382 g/mol. The van der Waals surface area contributed by atoms with Gasteiger partial charge in [0.2, 0.25) is 0 Å². The van der Waals surface area contributed by atoms with Gasteiger partial charge in [-0.1, -0.05) is 6.92 Å². The molecule has 21 heavy (non-hydrogen) atoms. The molecule has 0 aliphatic carbocycles. The van der Waals surface area contributed by atoms with E-state index in [1.54, 1.807) is 0 Å². The van der Waals surface area contributed by atoms with Crippen LogP contribution in [0, 0.1) is 0 Å². The molecule has 0 aliphatic rings. The van der Waals surface area contributed by atoms with E-state index < -0.39 is 42.6 Å². The van der Waals surface area contributed by atoms with Crippen LogP contribution in [0.2, 0.25) is 77.2 Å². The summed E-state index contributed by atoms with van der Waals surface area (Å²) in [6.07, 6.45) is 0. The lowest BCUT2D eigenvalue weighted by molar-refractivity contribution is 0.375. The lowest BCUT2D eigenvalue weighted by Gasteiger charge is -2.44. The minimum absolute atomic E-state index is 0.438. The second-order valence-corrected chi connectivity index (χ2v) is 29.7. The molecule has 0 rings (SSSR count). The molecule has 0 heterocycles. The largest absolute Gasteiger partial charge is 0.456 e. The standard InChI is InChI=1S/C13H37O3Si5/c1-13(17(2)14-18(3,4)5)21(12,15-19(6,7)8)16-20(9,10)11/h13H,1-12H3. The first-order valence-corrected chi connectivity index (χ1v) is 22.5. The van der Waals surface area contributed by atoms with E-state index in [-0.39, 0.29) is 0 Å². The van der Waals surface area contributed by atoms with E-state index in [0.717, 1.165) is 0 Å². The van der Waals surface area contributed by atoms with Crippen LogP contribution in [-0.4, -0.2) is 42.6 Å². The first kappa shape index (κ1) is 22.0. The summed E-state index contributed by atoms with van der Waals surface area (Å²) in [5.74, 6) is 0. The van der Waals surface area contributed by atoms with Gasteiger partial charge in [-0.2, -0.15) is 0 Å². The van der Waals surface area contributed by atoms with Crippen molar-refractivity contribution < 1.29 is 12.3 Å². The topological polar surface area (TPSA) is 27.7 Å². The molecule has 0 aromatic heterocycles. The maximum Gasteiger partial charge on any atom is 0.316 e. The molecule has 1 atom stereocenters. The van der Waals surface area contributed by atoms with Crippen LogP contribution >= 0.6 is 0 Å². The van der Waals surface area contributed by atoms with Crippen LogP contribution in [0.25, 0.3) is 0 Å². The smallest absolute Gasteiger partial charge is 0.316 e. The summed E-state index contributed by atoms with van der Waals surface area (Å²) in [6, 6.07) is 0. The molecule has 0 amide bonds. The van der Waals surface area contributed by atoms with E-state index in [2.05, 4.69) is 78.9 Å². The molecule has 0 aromatic carbocycles. The fourth-order valence-corrected chi connectivity index (χ4v) is 23.2. The third kappa shape index (κ3) is 9.64. The van der Waals surface area contributed by atoms with Crippen molar-refractivity contribution in [2.24, 2.45) is 0 Å². The Kier molecular flexibility index (Phi) is 7.58. The van der Waals surface area contributed by atoms with E-state index in [1.165, 1.54) is 0 Å². The van der Waals surface area contributed by atoms with Gasteiger partial charge in [0.05, 0.1) is 0 Å². The molecule has 0 saturated carbocycles. The van der Waals surface area contributed by atoms with E-state index in [0.29, 0.717) is 5.16 Å². The van der Waals surface area contributed by atoms with Crippen molar-refractivity contribution in [3.8, 4) is 0 Å². The van der Waals surface area contributed by atoms with Crippen LogP contribution in [0.1, 0.15) is 6.92 Å². The van der Waals surface area contributed by atoms with Crippen molar-refractivity contribution in [2.45, 2.75) is 84.1 Å². The van der Waals surface area contributed by atoms with E-state index >= 15 is 0 Å². The Labute approximate surface area is 139 Å². The molecule has 0 aliphatic heterocycles. The zero-order chi connectivity index (χ0) is 17.3. The van der Waals surface area contributed by atoms with Gasteiger partial charge in [-0.05, 0) is 72.0 Å². The average Bonchev–Trinajstić information content (AvgIpc) is 2.06. The Morgan fingerprint density at radius 3 is 1.24 bits per heavy atom. The zero-order valence-electron chi connectivity index (χ0n) is 16.3. The SMILES string of the molecule is CC([Si](C)O[Si](C)(C)C)[Si](C)(O[Si](C)(C)C)O[Si](C)(C)C. The third-order valence-electron chi connectivity index (χ3n) is 2.88. The molecule has 1 unspecified atom stereocenters. The predicted octanol–water partition coefficient (Wildman–Crippen LogP) is 5.16. The molecule has 127 valence electrons. The quantitative estimate of drug-likeness (QED) is 0.543. The molecular weight excluding hydrogens is 345 g/mol. The van der Waals surface area contributed by atoms with Crippen molar-refractivity contribution in [1.82, 2.24) is 0 Å². The Morgan fingerprint density at radius 2 is 1.00 bits per heavy atom. The van der Waals surface area contributed by atoms with Crippen LogP contribution in [-0.2, 0) is 12.3 Å². The first-order chi connectivity index (χ1) is 8.95. The normalized spacial score (nSPS) is 16.4. The van der Waals surface area contributed by atoms with Gasteiger partial charge in [0.15, 0.2) is 34.0 Å². The molecule has 8 heteroatoms. The van der Waals surface area contributed by atoms with Crippen LogP contribution in [0.4, 0.5) is 0 Å². The van der Waals surface area contributed by atoms with Crippen LogP contribution in [0.5, 0.6) is 0 Å². The van der Waals surface area contributed by atoms with E-state index in [4.69, 9.17) is 12.3 Å². The summed E-state index contributed by atoms with van der Waals surface area (Å²) in [6.45, 7) is 27.3. The van der Waals surface area contributed by atoms with E-state index in [9.17, 15) is 0 Å². The number of hydrogen-bond donors (Lipinski definition) is 0. The van der Waals surface area contributed by atoms with Crippen molar-refractivity contribution in [1.29, 1.82) is 0 Å². The minimum Gasteiger partial charge on any atom is -0.456 e. The Bertz CT molecular complexity index is 314. The Morgan fingerprint density at radius 1 is 0.667 bits per heavy atom. The van der Waals surface area contributed by atoms with Crippen LogP contribution < -0.4 is 0 Å². The van der Waals surface area contributed by atoms with Gasteiger partial charge in [-0.15, -0.1) is 0 Å². The highest BCUT2D eigenvalue weighted by Gasteiger charge is 2.48. The molecule has 1 radical (unpaired) electrons. The summed E-state index contributed by atoms with van der Waals surface area (Å²) in [4.78, 5) is 0. The fraction of sp³-hybridized carbons (Fsp3) is 1.00. The predicted molar refractivity (Wildman–Crippen MR) is 106 cm³/mol. The molecule has 3 nitrogen and oxygen atoms in total. The maximum atomic E-state index is 6.65. The summed E-state index contributed by atoms with van der Waals surface area (Å²) >= 11 is 0. The highest BCUT2D eigenvalue weighted by atomic mass is 28.5. The van der Waals surface area contributed by atoms with E-state index in [1.807, 2.05) is 0 Å². The monoisotopic (exact) mass is 381 g/mol. The highest BCUT2D eigenvalue weighted by Crippen LogP contribution is 2.33. The highest BCUT2D eigenvalue weighted by molar-refractivity contribution is 6.94. The molecule has 0 bridgehead atoms. The molecule has 0 saturated heterocycles. The lowest BCUT2D eigenvalue weighted by atomic mass is 10.9. The van der Waals surface area contributed by atoms with Crippen molar-refractivity contribution in [3.05, 3.63) is 0 Å². The van der Waals surface area contributed by atoms with Gasteiger partial charge in [-0.25, -0.2) is 0 Å². The van der Waals surface area contributed by atoms with Gasteiger partial charge in [0.25, 0.3) is 0 Å². The number of rotatable bonds is 8. The fourth-order valence-electron chi connectivity index (χ4n) is 2.35. The summed E-state index contributed by atoms with van der Waals surface area (Å²) < 4.78 is 19.7. The van der Waals surface area contributed by atoms with Crippen LogP contribution in [0.3, 0.4) is 0 Å². The molecule has 0 N–H and O–H groups in total. The van der Waals surface area contributed by atoms with Gasteiger partial charge in [-0.3, -0.25) is 0 Å². The summed E-state index contributed by atoms with van der Waals surface area (Å²) in [7, 11) is -7.88. The summed E-state index contributed by atoms with van der Waals surface area (Å²) in [5, 5.41) is 0.438. The number of hydrogen-bond acceptors (Lipinski definition) is 3. The molecule has 0 fully saturated rings. The molecular formula is C13H37O3Si5. The molecule has 0 aromatic rings.